The number of hydrogen-bond donors (Lipinski definition) is 1. The van der Waals surface area contributed by atoms with Crippen LogP contribution in [-0.2, 0) is 6.54 Å². The Morgan fingerprint density at radius 1 is 0.893 bits per heavy atom. The molecule has 1 N–H and O–H groups in total. The lowest BCUT2D eigenvalue weighted by Gasteiger charge is -2.10. The second-order valence-electron chi connectivity index (χ2n) is 6.31. The smallest absolute Gasteiger partial charge is 0.406 e. The predicted molar refractivity (Wildman–Crippen MR) is 100 cm³/mol. The highest BCUT2D eigenvalue weighted by atomic mass is 19.4. The van der Waals surface area contributed by atoms with Gasteiger partial charge in [0.05, 0.1) is 17.6 Å². The number of imidazole rings is 1. The van der Waals surface area contributed by atoms with Gasteiger partial charge in [-0.2, -0.15) is 0 Å². The van der Waals surface area contributed by atoms with Gasteiger partial charge >= 0.3 is 12.1 Å². The van der Waals surface area contributed by atoms with Gasteiger partial charge in [-0.05, 0) is 41.0 Å². The minimum absolute atomic E-state index is 0.124. The molecule has 142 valence electrons. The number of nitrogens with zero attached hydrogens (tertiary/aromatic N) is 1. The molecule has 0 saturated heterocycles. The first-order valence-electron chi connectivity index (χ1n) is 8.52. The van der Waals surface area contributed by atoms with Gasteiger partial charge in [0.2, 0.25) is 0 Å². The van der Waals surface area contributed by atoms with Crippen molar-refractivity contribution in [3.8, 4) is 16.9 Å². The quantitative estimate of drug-likeness (QED) is 0.542. The van der Waals surface area contributed by atoms with Gasteiger partial charge in [0.1, 0.15) is 5.75 Å². The highest BCUT2D eigenvalue weighted by Crippen LogP contribution is 2.25. The van der Waals surface area contributed by atoms with Crippen molar-refractivity contribution in [3.63, 3.8) is 0 Å². The summed E-state index contributed by atoms with van der Waals surface area (Å²) in [6.07, 6.45) is -4.76. The van der Waals surface area contributed by atoms with Gasteiger partial charge in [-0.15, -0.1) is 13.2 Å². The number of ether oxygens (including phenoxy) is 1. The van der Waals surface area contributed by atoms with Gasteiger partial charge in [0, 0.05) is 0 Å². The topological polar surface area (TPSA) is 47.0 Å². The van der Waals surface area contributed by atoms with Crippen LogP contribution in [0.4, 0.5) is 13.2 Å². The van der Waals surface area contributed by atoms with Crippen LogP contribution in [-0.4, -0.2) is 15.9 Å². The number of aromatic nitrogens is 2. The van der Waals surface area contributed by atoms with Gasteiger partial charge in [-0.25, -0.2) is 4.79 Å². The summed E-state index contributed by atoms with van der Waals surface area (Å²) in [4.78, 5) is 15.2. The van der Waals surface area contributed by atoms with Gasteiger partial charge < -0.3 is 9.72 Å². The number of aromatic amines is 1. The van der Waals surface area contributed by atoms with E-state index in [0.29, 0.717) is 16.6 Å². The first-order chi connectivity index (χ1) is 13.4. The van der Waals surface area contributed by atoms with Crippen LogP contribution < -0.4 is 10.4 Å². The van der Waals surface area contributed by atoms with E-state index in [2.05, 4.69) is 9.72 Å². The summed E-state index contributed by atoms with van der Waals surface area (Å²) in [5, 5.41) is 0. The van der Waals surface area contributed by atoms with E-state index in [-0.39, 0.29) is 18.0 Å². The summed E-state index contributed by atoms with van der Waals surface area (Å²) in [7, 11) is 0. The van der Waals surface area contributed by atoms with Crippen molar-refractivity contribution in [2.24, 2.45) is 0 Å². The molecule has 0 saturated carbocycles. The van der Waals surface area contributed by atoms with E-state index in [1.165, 1.54) is 22.8 Å². The molecular formula is C21H15F3N2O2. The fourth-order valence-corrected chi connectivity index (χ4v) is 3.15. The molecule has 7 heteroatoms. The molecule has 0 atom stereocenters. The minimum atomic E-state index is -4.76. The lowest BCUT2D eigenvalue weighted by Crippen LogP contribution is -2.18. The zero-order valence-corrected chi connectivity index (χ0v) is 14.5. The molecule has 0 bridgehead atoms. The molecule has 0 unspecified atom stereocenters. The van der Waals surface area contributed by atoms with E-state index in [9.17, 15) is 18.0 Å². The zero-order chi connectivity index (χ0) is 19.7. The molecule has 0 amide bonds. The Bertz CT molecular complexity index is 1180. The van der Waals surface area contributed by atoms with Gasteiger partial charge in [0.25, 0.3) is 0 Å². The van der Waals surface area contributed by atoms with Crippen LogP contribution in [0, 0.1) is 0 Å². The highest BCUT2D eigenvalue weighted by Gasteiger charge is 2.31. The fourth-order valence-electron chi connectivity index (χ4n) is 3.15. The van der Waals surface area contributed by atoms with E-state index in [0.717, 1.165) is 11.1 Å². The number of alkyl halides is 3. The summed E-state index contributed by atoms with van der Waals surface area (Å²) in [5.41, 5.74) is 3.51. The Morgan fingerprint density at radius 3 is 2.43 bits per heavy atom. The molecule has 0 aliphatic carbocycles. The Balaban J connectivity index is 1.67. The van der Waals surface area contributed by atoms with E-state index in [4.69, 9.17) is 0 Å². The molecule has 3 aromatic carbocycles. The fraction of sp³-hybridized carbons (Fsp3) is 0.0952. The van der Waals surface area contributed by atoms with Gasteiger partial charge in [-0.1, -0.05) is 48.5 Å². The number of halogens is 3. The standard InChI is InChI=1S/C21H15F3N2O2/c22-21(23,24)28-17-8-4-5-14(11-17)13-26-19-10-9-16(12-18(19)25-20(26)27)15-6-2-1-3-7-15/h1-12H,13H2,(H,25,27). The summed E-state index contributed by atoms with van der Waals surface area (Å²) in [5.74, 6) is -0.316. The third-order valence-electron chi connectivity index (χ3n) is 4.35. The number of rotatable bonds is 4. The summed E-state index contributed by atoms with van der Waals surface area (Å²) in [6, 6.07) is 21.0. The van der Waals surface area contributed by atoms with E-state index in [1.54, 1.807) is 6.07 Å². The molecule has 4 aromatic rings. The zero-order valence-electron chi connectivity index (χ0n) is 14.5. The number of hydrogen-bond acceptors (Lipinski definition) is 2. The van der Waals surface area contributed by atoms with Crippen molar-refractivity contribution in [1.29, 1.82) is 0 Å². The average molecular weight is 384 g/mol. The Labute approximate surface area is 157 Å². The maximum Gasteiger partial charge on any atom is 0.573 e. The van der Waals surface area contributed by atoms with Crippen LogP contribution in [0.5, 0.6) is 5.75 Å². The molecule has 1 aromatic heterocycles. The van der Waals surface area contributed by atoms with Crippen molar-refractivity contribution < 1.29 is 17.9 Å². The molecule has 4 nitrogen and oxygen atoms in total. The van der Waals surface area contributed by atoms with Crippen molar-refractivity contribution >= 4 is 11.0 Å². The van der Waals surface area contributed by atoms with Gasteiger partial charge in [0.15, 0.2) is 0 Å². The molecule has 4 rings (SSSR count). The molecular weight excluding hydrogens is 369 g/mol. The monoisotopic (exact) mass is 384 g/mol. The Kier molecular flexibility index (Phi) is 4.43. The normalized spacial score (nSPS) is 11.7. The Hall–Kier alpha value is -3.48. The van der Waals surface area contributed by atoms with Gasteiger partial charge in [-0.3, -0.25) is 4.57 Å². The second kappa shape index (κ2) is 6.92. The van der Waals surface area contributed by atoms with Crippen LogP contribution in [0.25, 0.3) is 22.2 Å². The number of fused-ring (bicyclic) bond motifs is 1. The third-order valence-corrected chi connectivity index (χ3v) is 4.35. The molecule has 0 aliphatic rings. The van der Waals surface area contributed by atoms with Crippen molar-refractivity contribution in [1.82, 2.24) is 9.55 Å². The largest absolute Gasteiger partial charge is 0.573 e. The van der Waals surface area contributed by atoms with Crippen LogP contribution in [0.15, 0.2) is 77.6 Å². The van der Waals surface area contributed by atoms with Crippen LogP contribution in [0.2, 0.25) is 0 Å². The lowest BCUT2D eigenvalue weighted by molar-refractivity contribution is -0.274. The second-order valence-corrected chi connectivity index (χ2v) is 6.31. The number of nitrogens with one attached hydrogen (secondary N) is 1. The summed E-state index contributed by atoms with van der Waals surface area (Å²) in [6.45, 7) is 0.124. The Morgan fingerprint density at radius 2 is 1.68 bits per heavy atom. The third kappa shape index (κ3) is 3.78. The SMILES string of the molecule is O=c1[nH]c2cc(-c3ccccc3)ccc2n1Cc1cccc(OC(F)(F)F)c1. The molecule has 0 radical (unpaired) electrons. The van der Waals surface area contributed by atoms with Crippen LogP contribution >= 0.6 is 0 Å². The lowest BCUT2D eigenvalue weighted by atomic mass is 10.1. The van der Waals surface area contributed by atoms with E-state index >= 15 is 0 Å². The first kappa shape index (κ1) is 17.9. The van der Waals surface area contributed by atoms with E-state index < -0.39 is 6.36 Å². The molecule has 0 aliphatic heterocycles. The maximum atomic E-state index is 12.4. The molecule has 28 heavy (non-hydrogen) atoms. The van der Waals surface area contributed by atoms with Crippen molar-refractivity contribution in [2.75, 3.05) is 0 Å². The van der Waals surface area contributed by atoms with Crippen molar-refractivity contribution in [3.05, 3.63) is 88.8 Å². The predicted octanol–water partition coefficient (Wildman–Crippen LogP) is 4.94. The summed E-state index contributed by atoms with van der Waals surface area (Å²) >= 11 is 0. The minimum Gasteiger partial charge on any atom is -0.406 e. The van der Waals surface area contributed by atoms with E-state index in [1.807, 2.05) is 48.5 Å². The van der Waals surface area contributed by atoms with Crippen LogP contribution in [0.3, 0.4) is 0 Å². The maximum absolute atomic E-state index is 12.4. The molecule has 0 fully saturated rings. The average Bonchev–Trinajstić information content (AvgIpc) is 2.96. The van der Waals surface area contributed by atoms with Crippen LogP contribution in [0.1, 0.15) is 5.56 Å². The van der Waals surface area contributed by atoms with Crippen molar-refractivity contribution in [2.45, 2.75) is 12.9 Å². The molecule has 1 heterocycles. The molecule has 0 spiro atoms. The summed E-state index contributed by atoms with van der Waals surface area (Å²) < 4.78 is 42.7. The highest BCUT2D eigenvalue weighted by molar-refractivity contribution is 5.82. The number of benzene rings is 3. The number of H-pyrrole nitrogens is 1. The first-order valence-corrected chi connectivity index (χ1v) is 8.52.